The number of rotatable bonds is 6. The molecular weight excluding hydrogens is 236 g/mol. The first kappa shape index (κ1) is 13.8. The zero-order valence-corrected chi connectivity index (χ0v) is 11.7. The van der Waals surface area contributed by atoms with Crippen LogP contribution in [-0.4, -0.2) is 14.9 Å². The Morgan fingerprint density at radius 1 is 1.21 bits per heavy atom. The Morgan fingerprint density at radius 2 is 1.95 bits per heavy atom. The quantitative estimate of drug-likeness (QED) is 0.864. The van der Waals surface area contributed by atoms with E-state index in [1.165, 1.54) is 0 Å². The summed E-state index contributed by atoms with van der Waals surface area (Å²) >= 11 is 0. The van der Waals surface area contributed by atoms with E-state index >= 15 is 0 Å². The Kier molecular flexibility index (Phi) is 4.38. The van der Waals surface area contributed by atoms with Gasteiger partial charge in [-0.2, -0.15) is 5.10 Å². The standard InChI is InChI=1S/C16H22N2O/c1-3-10-16(19,15-8-6-5-7-9-15)11-14-12-17-18(4-2)13-14/h5-9,12-13,19H,3-4,10-11H2,1-2H3. The van der Waals surface area contributed by atoms with Crippen LogP contribution in [0.25, 0.3) is 0 Å². The normalized spacial score (nSPS) is 14.3. The smallest absolute Gasteiger partial charge is 0.0937 e. The number of aromatic nitrogens is 2. The molecule has 0 aliphatic carbocycles. The van der Waals surface area contributed by atoms with E-state index in [0.29, 0.717) is 6.42 Å². The van der Waals surface area contributed by atoms with Gasteiger partial charge in [0.1, 0.15) is 0 Å². The lowest BCUT2D eigenvalue weighted by atomic mass is 9.84. The molecule has 0 bridgehead atoms. The number of hydrogen-bond acceptors (Lipinski definition) is 2. The summed E-state index contributed by atoms with van der Waals surface area (Å²) in [4.78, 5) is 0. The lowest BCUT2D eigenvalue weighted by molar-refractivity contribution is 0.0269. The first-order valence-electron chi connectivity index (χ1n) is 6.97. The molecule has 2 rings (SSSR count). The third kappa shape index (κ3) is 3.24. The van der Waals surface area contributed by atoms with Gasteiger partial charge < -0.3 is 5.11 Å². The maximum absolute atomic E-state index is 11.0. The second-order valence-corrected chi connectivity index (χ2v) is 5.03. The molecular formula is C16H22N2O. The SMILES string of the molecule is CCCC(O)(Cc1cnn(CC)c1)c1ccccc1. The highest BCUT2D eigenvalue weighted by Crippen LogP contribution is 2.30. The fraction of sp³-hybridized carbons (Fsp3) is 0.438. The summed E-state index contributed by atoms with van der Waals surface area (Å²) in [6.07, 6.45) is 6.20. The first-order valence-corrected chi connectivity index (χ1v) is 6.97. The molecule has 102 valence electrons. The van der Waals surface area contributed by atoms with E-state index in [1.807, 2.05) is 47.4 Å². The summed E-state index contributed by atoms with van der Waals surface area (Å²) in [7, 11) is 0. The second-order valence-electron chi connectivity index (χ2n) is 5.03. The Balaban J connectivity index is 2.24. The third-order valence-electron chi connectivity index (χ3n) is 3.48. The Morgan fingerprint density at radius 3 is 2.53 bits per heavy atom. The van der Waals surface area contributed by atoms with Gasteiger partial charge in [-0.15, -0.1) is 0 Å². The van der Waals surface area contributed by atoms with Gasteiger partial charge in [-0.05, 0) is 24.5 Å². The minimum Gasteiger partial charge on any atom is -0.385 e. The highest BCUT2D eigenvalue weighted by Gasteiger charge is 2.28. The number of aryl methyl sites for hydroxylation is 1. The molecule has 1 atom stereocenters. The summed E-state index contributed by atoms with van der Waals surface area (Å²) < 4.78 is 1.90. The minimum atomic E-state index is -0.794. The molecule has 1 unspecified atom stereocenters. The van der Waals surface area contributed by atoms with Gasteiger partial charge >= 0.3 is 0 Å². The average Bonchev–Trinajstić information content (AvgIpc) is 2.87. The molecule has 0 spiro atoms. The fourth-order valence-corrected chi connectivity index (χ4v) is 2.51. The number of nitrogens with zero attached hydrogens (tertiary/aromatic N) is 2. The van der Waals surface area contributed by atoms with Crippen molar-refractivity contribution >= 4 is 0 Å². The predicted octanol–water partition coefficient (Wildman–Crippen LogP) is 3.13. The highest BCUT2D eigenvalue weighted by atomic mass is 16.3. The van der Waals surface area contributed by atoms with Crippen LogP contribution >= 0.6 is 0 Å². The van der Waals surface area contributed by atoms with Gasteiger partial charge in [-0.1, -0.05) is 43.7 Å². The van der Waals surface area contributed by atoms with E-state index in [0.717, 1.165) is 30.5 Å². The van der Waals surface area contributed by atoms with Crippen molar-refractivity contribution in [1.82, 2.24) is 9.78 Å². The molecule has 1 heterocycles. The number of hydrogen-bond donors (Lipinski definition) is 1. The van der Waals surface area contributed by atoms with Gasteiger partial charge in [0.2, 0.25) is 0 Å². The monoisotopic (exact) mass is 258 g/mol. The Labute approximate surface area is 114 Å². The van der Waals surface area contributed by atoms with Crippen LogP contribution in [0.2, 0.25) is 0 Å². The predicted molar refractivity (Wildman–Crippen MR) is 76.9 cm³/mol. The van der Waals surface area contributed by atoms with E-state index in [2.05, 4.69) is 18.9 Å². The zero-order chi connectivity index (χ0) is 13.7. The molecule has 1 aromatic heterocycles. The van der Waals surface area contributed by atoms with Crippen molar-refractivity contribution in [2.24, 2.45) is 0 Å². The average molecular weight is 258 g/mol. The number of aliphatic hydroxyl groups is 1. The summed E-state index contributed by atoms with van der Waals surface area (Å²) in [6, 6.07) is 9.93. The van der Waals surface area contributed by atoms with Crippen LogP contribution in [0.15, 0.2) is 42.7 Å². The van der Waals surface area contributed by atoms with Crippen molar-refractivity contribution in [1.29, 1.82) is 0 Å². The molecule has 0 aliphatic rings. The van der Waals surface area contributed by atoms with E-state index in [9.17, 15) is 5.11 Å². The highest BCUT2D eigenvalue weighted by molar-refractivity contribution is 5.25. The maximum Gasteiger partial charge on any atom is 0.0937 e. The molecule has 3 heteroatoms. The molecule has 0 saturated heterocycles. The van der Waals surface area contributed by atoms with Crippen molar-refractivity contribution in [3.63, 3.8) is 0 Å². The Hall–Kier alpha value is -1.61. The molecule has 2 aromatic rings. The molecule has 0 saturated carbocycles. The van der Waals surface area contributed by atoms with Crippen LogP contribution in [0.1, 0.15) is 37.8 Å². The van der Waals surface area contributed by atoms with E-state index < -0.39 is 5.60 Å². The molecule has 19 heavy (non-hydrogen) atoms. The van der Waals surface area contributed by atoms with Crippen LogP contribution in [0.5, 0.6) is 0 Å². The van der Waals surface area contributed by atoms with Gasteiger partial charge in [0.05, 0.1) is 11.8 Å². The Bertz CT molecular complexity index is 506. The van der Waals surface area contributed by atoms with Crippen LogP contribution in [0.4, 0.5) is 0 Å². The van der Waals surface area contributed by atoms with E-state index in [-0.39, 0.29) is 0 Å². The topological polar surface area (TPSA) is 38.1 Å². The van der Waals surface area contributed by atoms with Crippen molar-refractivity contribution in [3.05, 3.63) is 53.9 Å². The summed E-state index contributed by atoms with van der Waals surface area (Å²) in [6.45, 7) is 5.02. The molecule has 3 nitrogen and oxygen atoms in total. The van der Waals surface area contributed by atoms with Gasteiger partial charge in [0.25, 0.3) is 0 Å². The van der Waals surface area contributed by atoms with E-state index in [4.69, 9.17) is 0 Å². The van der Waals surface area contributed by atoms with Crippen LogP contribution in [0, 0.1) is 0 Å². The second kappa shape index (κ2) is 6.02. The van der Waals surface area contributed by atoms with Crippen molar-refractivity contribution < 1.29 is 5.11 Å². The molecule has 0 aliphatic heterocycles. The van der Waals surface area contributed by atoms with Crippen molar-refractivity contribution in [3.8, 4) is 0 Å². The van der Waals surface area contributed by atoms with Crippen molar-refractivity contribution in [2.45, 2.75) is 45.3 Å². The van der Waals surface area contributed by atoms with Crippen LogP contribution < -0.4 is 0 Å². The summed E-state index contributed by atoms with van der Waals surface area (Å²) in [5.41, 5.74) is 1.28. The van der Waals surface area contributed by atoms with Crippen LogP contribution in [0.3, 0.4) is 0 Å². The van der Waals surface area contributed by atoms with E-state index in [1.54, 1.807) is 0 Å². The van der Waals surface area contributed by atoms with Crippen molar-refractivity contribution in [2.75, 3.05) is 0 Å². The summed E-state index contributed by atoms with van der Waals surface area (Å²) in [5.74, 6) is 0. The van der Waals surface area contributed by atoms with Gasteiger partial charge in [-0.3, -0.25) is 4.68 Å². The minimum absolute atomic E-state index is 0.616. The summed E-state index contributed by atoms with van der Waals surface area (Å²) in [5, 5.41) is 15.3. The third-order valence-corrected chi connectivity index (χ3v) is 3.48. The molecule has 0 radical (unpaired) electrons. The lowest BCUT2D eigenvalue weighted by Crippen LogP contribution is -2.28. The molecule has 0 amide bonds. The molecule has 1 aromatic carbocycles. The van der Waals surface area contributed by atoms with Gasteiger partial charge in [0.15, 0.2) is 0 Å². The van der Waals surface area contributed by atoms with Gasteiger partial charge in [-0.25, -0.2) is 0 Å². The van der Waals surface area contributed by atoms with Gasteiger partial charge in [0, 0.05) is 19.2 Å². The zero-order valence-electron chi connectivity index (χ0n) is 11.7. The molecule has 1 N–H and O–H groups in total. The number of benzene rings is 1. The molecule has 0 fully saturated rings. The van der Waals surface area contributed by atoms with Crippen LogP contribution in [-0.2, 0) is 18.6 Å². The largest absolute Gasteiger partial charge is 0.385 e. The maximum atomic E-state index is 11.0. The lowest BCUT2D eigenvalue weighted by Gasteiger charge is -2.28. The first-order chi connectivity index (χ1) is 9.18. The fourth-order valence-electron chi connectivity index (χ4n) is 2.51.